The van der Waals surface area contributed by atoms with Gasteiger partial charge in [-0.25, -0.2) is 4.99 Å². The Morgan fingerprint density at radius 1 is 1.23 bits per heavy atom. The molecule has 1 fully saturated rings. The minimum absolute atomic E-state index is 0.0709. The van der Waals surface area contributed by atoms with Gasteiger partial charge in [0, 0.05) is 6.54 Å². The lowest BCUT2D eigenvalue weighted by Gasteiger charge is -2.12. The Balaban J connectivity index is 1.92. The maximum absolute atomic E-state index is 12.9. The summed E-state index contributed by atoms with van der Waals surface area (Å²) >= 11 is 7.65. The van der Waals surface area contributed by atoms with Crippen LogP contribution in [-0.4, -0.2) is 43.3 Å². The first-order chi connectivity index (χ1) is 15.0. The molecule has 31 heavy (non-hydrogen) atoms. The third-order valence-corrected chi connectivity index (χ3v) is 5.64. The monoisotopic (exact) mass is 456 g/mol. The third-order valence-electron chi connectivity index (χ3n) is 4.35. The Bertz CT molecular complexity index is 1070. The van der Waals surface area contributed by atoms with Gasteiger partial charge in [-0.15, -0.1) is 6.42 Å². The largest absolute Gasteiger partial charge is 0.497 e. The smallest absolute Gasteiger partial charge is 0.266 e. The molecule has 2 aromatic rings. The van der Waals surface area contributed by atoms with Gasteiger partial charge in [0.2, 0.25) is 0 Å². The highest BCUT2D eigenvalue weighted by Gasteiger charge is 2.32. The maximum atomic E-state index is 12.9. The molecule has 0 N–H and O–H groups in total. The summed E-state index contributed by atoms with van der Waals surface area (Å²) in [4.78, 5) is 19.7. The fourth-order valence-corrected chi connectivity index (χ4v) is 4.20. The standard InChI is InChI=1S/C23H21ClN2O4S/c1-5-11-30-21-18(24)12-15(13-19(21)29-4)14-20-22(27)26(6-2)23(31-20)25-16-7-9-17(28-3)10-8-16/h1,7-10,12-14H,6,11H2,2-4H3. The highest BCUT2D eigenvalue weighted by Crippen LogP contribution is 2.39. The van der Waals surface area contributed by atoms with E-state index in [0.29, 0.717) is 38.7 Å². The van der Waals surface area contributed by atoms with Crippen LogP contribution < -0.4 is 14.2 Å². The number of terminal acetylenes is 1. The van der Waals surface area contributed by atoms with Crippen LogP contribution in [0.15, 0.2) is 46.3 Å². The number of ether oxygens (including phenoxy) is 3. The summed E-state index contributed by atoms with van der Waals surface area (Å²) < 4.78 is 16.0. The number of halogens is 1. The van der Waals surface area contributed by atoms with Crippen molar-refractivity contribution >= 4 is 46.2 Å². The van der Waals surface area contributed by atoms with Gasteiger partial charge in [0.1, 0.15) is 12.4 Å². The summed E-state index contributed by atoms with van der Waals surface area (Å²) in [6, 6.07) is 10.8. The van der Waals surface area contributed by atoms with E-state index in [1.807, 2.05) is 31.2 Å². The number of amides is 1. The molecule has 8 heteroatoms. The average Bonchev–Trinajstić information content (AvgIpc) is 3.06. The molecule has 0 spiro atoms. The predicted octanol–water partition coefficient (Wildman–Crippen LogP) is 4.99. The zero-order chi connectivity index (χ0) is 22.4. The maximum Gasteiger partial charge on any atom is 0.266 e. The van der Waals surface area contributed by atoms with Crippen LogP contribution in [0.2, 0.25) is 5.02 Å². The molecule has 0 saturated carbocycles. The van der Waals surface area contributed by atoms with Crippen molar-refractivity contribution in [1.29, 1.82) is 0 Å². The topological polar surface area (TPSA) is 60.4 Å². The second-order valence-corrected chi connectivity index (χ2v) is 7.70. The Hall–Kier alpha value is -3.08. The first-order valence-electron chi connectivity index (χ1n) is 9.38. The van der Waals surface area contributed by atoms with Gasteiger partial charge in [0.15, 0.2) is 16.7 Å². The molecule has 1 amide bonds. The van der Waals surface area contributed by atoms with Gasteiger partial charge in [0.25, 0.3) is 5.91 Å². The van der Waals surface area contributed by atoms with E-state index in [4.69, 9.17) is 32.2 Å². The number of carbonyl (C=O) groups is 1. The molecule has 6 nitrogen and oxygen atoms in total. The van der Waals surface area contributed by atoms with Crippen LogP contribution in [-0.2, 0) is 4.79 Å². The fourth-order valence-electron chi connectivity index (χ4n) is 2.87. The van der Waals surface area contributed by atoms with E-state index in [1.54, 1.807) is 30.2 Å². The van der Waals surface area contributed by atoms with Gasteiger partial charge >= 0.3 is 0 Å². The SMILES string of the molecule is C#CCOc1c(Cl)cc(C=C2SC(=Nc3ccc(OC)cc3)N(CC)C2=O)cc1OC. The number of carbonyl (C=O) groups excluding carboxylic acids is 1. The van der Waals surface area contributed by atoms with E-state index in [0.717, 1.165) is 11.4 Å². The number of amidine groups is 1. The molecule has 0 atom stereocenters. The van der Waals surface area contributed by atoms with Crippen LogP contribution >= 0.6 is 23.4 Å². The molecule has 0 aliphatic carbocycles. The van der Waals surface area contributed by atoms with Gasteiger partial charge in [-0.1, -0.05) is 17.5 Å². The van der Waals surface area contributed by atoms with Gasteiger partial charge in [-0.05, 0) is 66.7 Å². The second-order valence-electron chi connectivity index (χ2n) is 6.28. The highest BCUT2D eigenvalue weighted by molar-refractivity contribution is 8.18. The number of benzene rings is 2. The van der Waals surface area contributed by atoms with Gasteiger partial charge in [-0.2, -0.15) is 0 Å². The fraction of sp³-hybridized carbons (Fsp3) is 0.217. The third kappa shape index (κ3) is 5.16. The molecular formula is C23H21ClN2O4S. The average molecular weight is 457 g/mol. The van der Waals surface area contributed by atoms with Crippen molar-refractivity contribution in [1.82, 2.24) is 4.90 Å². The van der Waals surface area contributed by atoms with Gasteiger partial charge in [-0.3, -0.25) is 9.69 Å². The van der Waals surface area contributed by atoms with Crippen LogP contribution in [0.25, 0.3) is 6.08 Å². The van der Waals surface area contributed by atoms with Crippen molar-refractivity contribution in [2.45, 2.75) is 6.92 Å². The van der Waals surface area contributed by atoms with E-state index in [9.17, 15) is 4.79 Å². The molecule has 1 aliphatic rings. The zero-order valence-corrected chi connectivity index (χ0v) is 18.9. The van der Waals surface area contributed by atoms with Crippen molar-refractivity contribution in [3.63, 3.8) is 0 Å². The number of thioether (sulfide) groups is 1. The van der Waals surface area contributed by atoms with E-state index < -0.39 is 0 Å². The van der Waals surface area contributed by atoms with Gasteiger partial charge < -0.3 is 14.2 Å². The summed E-state index contributed by atoms with van der Waals surface area (Å²) in [5.41, 5.74) is 1.43. The van der Waals surface area contributed by atoms with Crippen molar-refractivity contribution < 1.29 is 19.0 Å². The Labute approximate surface area is 190 Å². The number of likely N-dealkylation sites (N-methyl/N-ethyl adjacent to an activating group) is 1. The summed E-state index contributed by atoms with van der Waals surface area (Å²) in [6.45, 7) is 2.48. The Morgan fingerprint density at radius 2 is 1.97 bits per heavy atom. The molecular weight excluding hydrogens is 436 g/mol. The molecule has 0 unspecified atom stereocenters. The van der Waals surface area contributed by atoms with E-state index in [-0.39, 0.29) is 12.5 Å². The molecule has 1 saturated heterocycles. The molecule has 2 aromatic carbocycles. The van der Waals surface area contributed by atoms with Crippen LogP contribution in [0.3, 0.4) is 0 Å². The Kier molecular flexibility index (Phi) is 7.50. The lowest BCUT2D eigenvalue weighted by atomic mass is 10.1. The first-order valence-corrected chi connectivity index (χ1v) is 10.6. The molecule has 0 bridgehead atoms. The molecule has 160 valence electrons. The minimum Gasteiger partial charge on any atom is -0.497 e. The summed E-state index contributed by atoms with van der Waals surface area (Å²) in [7, 11) is 3.12. The number of aliphatic imine (C=N–C) groups is 1. The molecule has 3 rings (SSSR count). The van der Waals surface area contributed by atoms with Gasteiger partial charge in [0.05, 0.1) is 29.8 Å². The number of nitrogens with zero attached hydrogens (tertiary/aromatic N) is 2. The number of hydrogen-bond acceptors (Lipinski definition) is 6. The number of hydrogen-bond donors (Lipinski definition) is 0. The van der Waals surface area contributed by atoms with E-state index in [1.165, 1.54) is 18.9 Å². The number of methoxy groups -OCH3 is 2. The van der Waals surface area contributed by atoms with Crippen molar-refractivity contribution in [3.8, 4) is 29.6 Å². The lowest BCUT2D eigenvalue weighted by molar-refractivity contribution is -0.122. The molecule has 1 heterocycles. The van der Waals surface area contributed by atoms with Crippen molar-refractivity contribution in [2.24, 2.45) is 4.99 Å². The minimum atomic E-state index is -0.123. The summed E-state index contributed by atoms with van der Waals surface area (Å²) in [5, 5.41) is 0.951. The lowest BCUT2D eigenvalue weighted by Crippen LogP contribution is -2.28. The second kappa shape index (κ2) is 10.3. The van der Waals surface area contributed by atoms with Crippen LogP contribution in [0.4, 0.5) is 5.69 Å². The normalized spacial score (nSPS) is 16.0. The van der Waals surface area contributed by atoms with Crippen LogP contribution in [0, 0.1) is 12.3 Å². The van der Waals surface area contributed by atoms with E-state index in [2.05, 4.69) is 10.9 Å². The molecule has 0 radical (unpaired) electrons. The number of rotatable bonds is 7. The van der Waals surface area contributed by atoms with Crippen LogP contribution in [0.5, 0.6) is 17.2 Å². The summed E-state index contributed by atoms with van der Waals surface area (Å²) in [5.74, 6) is 3.82. The molecule has 0 aromatic heterocycles. The highest BCUT2D eigenvalue weighted by atomic mass is 35.5. The van der Waals surface area contributed by atoms with Crippen molar-refractivity contribution in [3.05, 3.63) is 51.9 Å². The summed E-state index contributed by atoms with van der Waals surface area (Å²) in [6.07, 6.45) is 7.01. The van der Waals surface area contributed by atoms with Crippen LogP contribution in [0.1, 0.15) is 12.5 Å². The quantitative estimate of drug-likeness (QED) is 0.433. The predicted molar refractivity (Wildman–Crippen MR) is 125 cm³/mol. The first kappa shape index (κ1) is 22.6. The van der Waals surface area contributed by atoms with E-state index >= 15 is 0 Å². The molecule has 1 aliphatic heterocycles. The zero-order valence-electron chi connectivity index (χ0n) is 17.3. The Morgan fingerprint density at radius 3 is 2.58 bits per heavy atom. The van der Waals surface area contributed by atoms with Crippen molar-refractivity contribution in [2.75, 3.05) is 27.4 Å².